The van der Waals surface area contributed by atoms with Crippen LogP contribution >= 0.6 is 0 Å². The highest BCUT2D eigenvalue weighted by Gasteiger charge is 2.32. The first-order valence-electron chi connectivity index (χ1n) is 13.5. The fourth-order valence-electron chi connectivity index (χ4n) is 5.05. The normalized spacial score (nSPS) is 16.9. The van der Waals surface area contributed by atoms with Crippen LogP contribution in [0.5, 0.6) is 0 Å². The Morgan fingerprint density at radius 2 is 1.90 bits per heavy atom. The van der Waals surface area contributed by atoms with E-state index in [4.69, 9.17) is 14.9 Å². The molecular formula is C30H36N8O2. The monoisotopic (exact) mass is 540 g/mol. The Kier molecular flexibility index (Phi) is 9.65. The number of nitriles is 1. The van der Waals surface area contributed by atoms with E-state index >= 15 is 0 Å². The number of hydrogen-bond donors (Lipinski definition) is 3. The van der Waals surface area contributed by atoms with E-state index < -0.39 is 5.97 Å². The Hall–Kier alpha value is -4.49. The van der Waals surface area contributed by atoms with Gasteiger partial charge in [0.15, 0.2) is 12.0 Å². The second-order valence-electron chi connectivity index (χ2n) is 10.1. The lowest BCUT2D eigenvalue weighted by molar-refractivity contribution is -0.134. The van der Waals surface area contributed by atoms with Gasteiger partial charge in [-0.2, -0.15) is 5.26 Å². The summed E-state index contributed by atoms with van der Waals surface area (Å²) in [4.78, 5) is 18.5. The summed E-state index contributed by atoms with van der Waals surface area (Å²) in [7, 11) is 0. The Labute approximate surface area is 235 Å². The number of carbonyl (C=O) groups is 1. The van der Waals surface area contributed by atoms with Crippen LogP contribution in [0.4, 0.5) is 11.5 Å². The van der Waals surface area contributed by atoms with Crippen LogP contribution < -0.4 is 15.5 Å². The van der Waals surface area contributed by atoms with Crippen molar-refractivity contribution in [3.05, 3.63) is 71.8 Å². The van der Waals surface area contributed by atoms with E-state index in [0.29, 0.717) is 11.9 Å². The Morgan fingerprint density at radius 3 is 2.58 bits per heavy atom. The number of benzene rings is 2. The zero-order chi connectivity index (χ0) is 28.5. The van der Waals surface area contributed by atoms with Crippen LogP contribution in [0.25, 0.3) is 11.3 Å². The van der Waals surface area contributed by atoms with Gasteiger partial charge in [0.25, 0.3) is 5.97 Å². The summed E-state index contributed by atoms with van der Waals surface area (Å²) in [5, 5.41) is 32.3. The molecule has 3 N–H and O–H groups in total. The number of rotatable bonds is 4. The van der Waals surface area contributed by atoms with Crippen LogP contribution in [0.15, 0.2) is 65.7 Å². The van der Waals surface area contributed by atoms with Gasteiger partial charge in [0.1, 0.15) is 0 Å². The predicted octanol–water partition coefficient (Wildman–Crippen LogP) is 3.79. The second kappa shape index (κ2) is 13.5. The second-order valence-corrected chi connectivity index (χ2v) is 10.1. The summed E-state index contributed by atoms with van der Waals surface area (Å²) in [6.45, 7) is 9.59. The molecule has 0 saturated carbocycles. The predicted molar refractivity (Wildman–Crippen MR) is 156 cm³/mol. The zero-order valence-corrected chi connectivity index (χ0v) is 23.2. The third-order valence-electron chi connectivity index (χ3n) is 7.01. The summed E-state index contributed by atoms with van der Waals surface area (Å²) in [5.74, 6) is 1.01. The number of nitrogens with one attached hydrogen (secondary N) is 2. The number of fused-ring (bicyclic) bond motifs is 1. The summed E-state index contributed by atoms with van der Waals surface area (Å²) < 4.78 is 0. The highest BCUT2D eigenvalue weighted by atomic mass is 16.4. The molecule has 2 aromatic carbocycles. The molecule has 1 fully saturated rings. The number of aromatic nitrogens is 2. The average molecular weight is 541 g/mol. The number of anilines is 1. The van der Waals surface area contributed by atoms with Gasteiger partial charge in [-0.05, 0) is 48.2 Å². The fraction of sp³-hybridized carbons (Fsp3) is 0.367. The van der Waals surface area contributed by atoms with E-state index in [1.54, 1.807) is 0 Å². The van der Waals surface area contributed by atoms with E-state index in [1.165, 1.54) is 11.1 Å². The van der Waals surface area contributed by atoms with Gasteiger partial charge in [-0.1, -0.05) is 56.3 Å². The first-order chi connectivity index (χ1) is 19.4. The third kappa shape index (κ3) is 7.12. The smallest absolute Gasteiger partial charge is 0.300 e. The van der Waals surface area contributed by atoms with Crippen molar-refractivity contribution in [3.63, 3.8) is 0 Å². The maximum Gasteiger partial charge on any atom is 0.300 e. The molecule has 208 valence electrons. The Balaban J connectivity index is 0.000000867. The van der Waals surface area contributed by atoms with Crippen LogP contribution in [0.1, 0.15) is 31.9 Å². The largest absolute Gasteiger partial charge is 0.481 e. The number of carboxylic acids is 1. The minimum atomic E-state index is -0.833. The molecule has 0 aliphatic carbocycles. The maximum absolute atomic E-state index is 9.55. The lowest BCUT2D eigenvalue weighted by atomic mass is 9.99. The van der Waals surface area contributed by atoms with Crippen molar-refractivity contribution in [1.29, 1.82) is 5.26 Å². The number of aliphatic carboxylic acids is 1. The lowest BCUT2D eigenvalue weighted by Crippen LogP contribution is -2.59. The minimum absolute atomic E-state index is 0.162. The van der Waals surface area contributed by atoms with Gasteiger partial charge in [0.05, 0.1) is 17.4 Å². The van der Waals surface area contributed by atoms with Crippen molar-refractivity contribution in [3.8, 4) is 17.5 Å². The van der Waals surface area contributed by atoms with Crippen LogP contribution in [-0.4, -0.2) is 64.4 Å². The molecule has 1 saturated heterocycles. The van der Waals surface area contributed by atoms with Crippen LogP contribution in [0, 0.1) is 17.4 Å². The summed E-state index contributed by atoms with van der Waals surface area (Å²) in [6.07, 6.45) is 3.06. The number of hydrogen-bond acceptors (Lipinski definition) is 7. The summed E-state index contributed by atoms with van der Waals surface area (Å²) in [6, 6.07) is 20.6. The molecule has 2 aliphatic heterocycles. The van der Waals surface area contributed by atoms with Crippen molar-refractivity contribution >= 4 is 23.4 Å². The molecule has 40 heavy (non-hydrogen) atoms. The molecular weight excluding hydrogens is 504 g/mol. The number of aliphatic imine (C=N–C) groups is 1. The average Bonchev–Trinajstić information content (AvgIpc) is 2.97. The van der Waals surface area contributed by atoms with Crippen LogP contribution in [0.3, 0.4) is 0 Å². The minimum Gasteiger partial charge on any atom is -0.481 e. The van der Waals surface area contributed by atoms with Crippen LogP contribution in [-0.2, 0) is 17.8 Å². The molecule has 10 heteroatoms. The number of nitrogens with zero attached hydrogens (tertiary/aromatic N) is 6. The summed E-state index contributed by atoms with van der Waals surface area (Å²) in [5.41, 5.74) is 5.42. The highest BCUT2D eigenvalue weighted by molar-refractivity contribution is 5.85. The van der Waals surface area contributed by atoms with Gasteiger partial charge >= 0.3 is 0 Å². The Bertz CT molecular complexity index is 1350. The van der Waals surface area contributed by atoms with Crippen molar-refractivity contribution < 1.29 is 9.90 Å². The highest BCUT2D eigenvalue weighted by Crippen LogP contribution is 2.28. The first-order valence-corrected chi connectivity index (χ1v) is 13.5. The van der Waals surface area contributed by atoms with E-state index in [1.807, 2.05) is 48.5 Å². The van der Waals surface area contributed by atoms with Crippen molar-refractivity contribution in [1.82, 2.24) is 25.7 Å². The SMILES string of the molecule is CC(=O)O.CC(C)C1CN(c2ccc(-c3ccccc3)nn2)CCN1C(=Nc1cccc2c1CCNC2)NC#N. The lowest BCUT2D eigenvalue weighted by Gasteiger charge is -2.44. The number of piperazine rings is 1. The quantitative estimate of drug-likeness (QED) is 0.196. The van der Waals surface area contributed by atoms with E-state index in [0.717, 1.165) is 68.8 Å². The van der Waals surface area contributed by atoms with Crippen molar-refractivity contribution in [2.75, 3.05) is 31.1 Å². The van der Waals surface area contributed by atoms with Gasteiger partial charge in [-0.15, -0.1) is 10.2 Å². The standard InChI is InChI=1S/C28H32N8.C2H4O2/c1-20(2)26-18-35(27-12-11-24(33-34-27)21-7-4-3-5-8-21)15-16-36(26)28(31-19-29)32-25-10-6-9-22-17-30-14-13-23(22)25;1-2(3)4/h3-12,20,26,30H,13-18H2,1-2H3,(H,31,32);1H3,(H,3,4). The zero-order valence-electron chi connectivity index (χ0n) is 23.2. The van der Waals surface area contributed by atoms with E-state index in [9.17, 15) is 5.26 Å². The molecule has 0 amide bonds. The third-order valence-corrected chi connectivity index (χ3v) is 7.01. The van der Waals surface area contributed by atoms with E-state index in [-0.39, 0.29) is 6.04 Å². The maximum atomic E-state index is 9.55. The molecule has 0 bridgehead atoms. The van der Waals surface area contributed by atoms with Crippen molar-refractivity contribution in [2.24, 2.45) is 10.9 Å². The first kappa shape index (κ1) is 28.5. The molecule has 1 unspecified atom stereocenters. The van der Waals surface area contributed by atoms with Gasteiger partial charge in [0.2, 0.25) is 5.96 Å². The number of carboxylic acid groups (broad SMARTS) is 1. The fourth-order valence-corrected chi connectivity index (χ4v) is 5.05. The molecule has 3 heterocycles. The van der Waals surface area contributed by atoms with Crippen molar-refractivity contribution in [2.45, 2.75) is 39.8 Å². The molecule has 10 nitrogen and oxygen atoms in total. The Morgan fingerprint density at radius 1 is 1.12 bits per heavy atom. The van der Waals surface area contributed by atoms with Gasteiger partial charge in [0, 0.05) is 38.7 Å². The molecule has 2 aliphatic rings. The molecule has 5 rings (SSSR count). The van der Waals surface area contributed by atoms with Gasteiger partial charge < -0.3 is 20.2 Å². The van der Waals surface area contributed by atoms with Crippen LogP contribution in [0.2, 0.25) is 0 Å². The summed E-state index contributed by atoms with van der Waals surface area (Å²) >= 11 is 0. The van der Waals surface area contributed by atoms with E-state index in [2.05, 4.69) is 62.8 Å². The molecule has 3 aromatic rings. The topological polar surface area (TPSA) is 130 Å². The van der Waals surface area contributed by atoms with Gasteiger partial charge in [-0.25, -0.2) is 4.99 Å². The molecule has 0 spiro atoms. The molecule has 1 aromatic heterocycles. The number of guanidine groups is 1. The molecule has 1 atom stereocenters. The molecule has 0 radical (unpaired) electrons. The van der Waals surface area contributed by atoms with Gasteiger partial charge in [-0.3, -0.25) is 10.1 Å².